The minimum atomic E-state index is -0.261. The molecule has 5 heteroatoms. The van der Waals surface area contributed by atoms with Gasteiger partial charge in [-0.25, -0.2) is 0 Å². The van der Waals surface area contributed by atoms with Crippen molar-refractivity contribution >= 4 is 34.8 Å². The third-order valence-electron chi connectivity index (χ3n) is 3.19. The lowest BCUT2D eigenvalue weighted by Gasteiger charge is -2.13. The molecule has 116 valence electrons. The maximum atomic E-state index is 12.0. The maximum absolute atomic E-state index is 12.0. The molecule has 2 rings (SSSR count). The number of hydrogen-bond acceptors (Lipinski definition) is 2. The molecule has 0 unspecified atom stereocenters. The van der Waals surface area contributed by atoms with Crippen molar-refractivity contribution in [1.29, 1.82) is 0 Å². The Morgan fingerprint density at radius 3 is 2.45 bits per heavy atom. The summed E-state index contributed by atoms with van der Waals surface area (Å²) in [7, 11) is 0. The summed E-state index contributed by atoms with van der Waals surface area (Å²) < 4.78 is 5.52. The molecular formula is C17H17Cl2NO2. The molecular weight excluding hydrogens is 321 g/mol. The highest BCUT2D eigenvalue weighted by Crippen LogP contribution is 2.27. The molecule has 0 heterocycles. The second kappa shape index (κ2) is 7.03. The monoisotopic (exact) mass is 337 g/mol. The topological polar surface area (TPSA) is 38.3 Å². The molecule has 0 saturated carbocycles. The van der Waals surface area contributed by atoms with E-state index in [4.69, 9.17) is 27.9 Å². The van der Waals surface area contributed by atoms with Crippen LogP contribution in [-0.2, 0) is 4.79 Å². The van der Waals surface area contributed by atoms with Crippen LogP contribution in [-0.4, -0.2) is 12.5 Å². The van der Waals surface area contributed by atoms with Gasteiger partial charge in [0, 0.05) is 5.02 Å². The van der Waals surface area contributed by atoms with Crippen LogP contribution in [0.15, 0.2) is 30.3 Å². The summed E-state index contributed by atoms with van der Waals surface area (Å²) in [5, 5.41) is 3.94. The minimum Gasteiger partial charge on any atom is -0.483 e. The Morgan fingerprint density at radius 1 is 1.09 bits per heavy atom. The molecule has 0 aliphatic carbocycles. The fourth-order valence-corrected chi connectivity index (χ4v) is 2.76. The van der Waals surface area contributed by atoms with Crippen molar-refractivity contribution in [1.82, 2.24) is 0 Å². The summed E-state index contributed by atoms with van der Waals surface area (Å²) in [4.78, 5) is 12.0. The molecule has 0 spiro atoms. The van der Waals surface area contributed by atoms with E-state index in [0.717, 1.165) is 16.7 Å². The number of anilines is 1. The summed E-state index contributed by atoms with van der Waals surface area (Å²) in [5.41, 5.74) is 3.47. The van der Waals surface area contributed by atoms with Gasteiger partial charge in [0.1, 0.15) is 5.75 Å². The second-order valence-electron chi connectivity index (χ2n) is 5.19. The molecule has 0 radical (unpaired) electrons. The number of rotatable bonds is 4. The largest absolute Gasteiger partial charge is 0.483 e. The average Bonchev–Trinajstić information content (AvgIpc) is 2.42. The number of nitrogens with one attached hydrogen (secondary N) is 1. The lowest BCUT2D eigenvalue weighted by Crippen LogP contribution is -2.21. The van der Waals surface area contributed by atoms with Crippen molar-refractivity contribution in [2.24, 2.45) is 0 Å². The van der Waals surface area contributed by atoms with E-state index in [0.29, 0.717) is 21.5 Å². The van der Waals surface area contributed by atoms with E-state index in [1.54, 1.807) is 18.2 Å². The lowest BCUT2D eigenvalue weighted by atomic mass is 10.1. The zero-order valence-corrected chi connectivity index (χ0v) is 14.2. The SMILES string of the molecule is Cc1cc(C)c(NC(=O)COc2ccc(Cl)cc2C)c(Cl)c1. The fourth-order valence-electron chi connectivity index (χ4n) is 2.17. The Hall–Kier alpha value is -1.71. The van der Waals surface area contributed by atoms with E-state index < -0.39 is 0 Å². The van der Waals surface area contributed by atoms with Crippen molar-refractivity contribution in [3.8, 4) is 5.75 Å². The summed E-state index contributed by atoms with van der Waals surface area (Å²) in [6.07, 6.45) is 0. The molecule has 2 aromatic carbocycles. The molecule has 1 amide bonds. The Bertz CT molecular complexity index is 691. The number of ether oxygens (including phenoxy) is 1. The Balaban J connectivity index is 2.02. The van der Waals surface area contributed by atoms with Gasteiger partial charge < -0.3 is 10.1 Å². The van der Waals surface area contributed by atoms with Crippen LogP contribution in [0.3, 0.4) is 0 Å². The molecule has 3 nitrogen and oxygen atoms in total. The van der Waals surface area contributed by atoms with Crippen LogP contribution in [0.1, 0.15) is 16.7 Å². The van der Waals surface area contributed by atoms with Crippen molar-refractivity contribution in [2.45, 2.75) is 20.8 Å². The van der Waals surface area contributed by atoms with Gasteiger partial charge in [0.2, 0.25) is 0 Å². The molecule has 1 N–H and O–H groups in total. The van der Waals surface area contributed by atoms with E-state index in [1.165, 1.54) is 0 Å². The first-order chi connectivity index (χ1) is 10.4. The summed E-state index contributed by atoms with van der Waals surface area (Å²) in [6, 6.07) is 9.04. The fraction of sp³-hybridized carbons (Fsp3) is 0.235. The third-order valence-corrected chi connectivity index (χ3v) is 3.73. The predicted octanol–water partition coefficient (Wildman–Crippen LogP) is 4.94. The third kappa shape index (κ3) is 4.15. The van der Waals surface area contributed by atoms with Crippen LogP contribution in [0.25, 0.3) is 0 Å². The first-order valence-electron chi connectivity index (χ1n) is 6.82. The smallest absolute Gasteiger partial charge is 0.262 e. The van der Waals surface area contributed by atoms with Crippen LogP contribution in [0.5, 0.6) is 5.75 Å². The number of carbonyl (C=O) groups excluding carboxylic acids is 1. The minimum absolute atomic E-state index is 0.0912. The van der Waals surface area contributed by atoms with E-state index in [-0.39, 0.29) is 12.5 Å². The number of amides is 1. The quantitative estimate of drug-likeness (QED) is 0.858. The van der Waals surface area contributed by atoms with E-state index >= 15 is 0 Å². The number of aryl methyl sites for hydroxylation is 3. The number of hydrogen-bond donors (Lipinski definition) is 1. The van der Waals surface area contributed by atoms with Gasteiger partial charge in [-0.3, -0.25) is 4.79 Å². The molecule has 0 atom stereocenters. The van der Waals surface area contributed by atoms with E-state index in [1.807, 2.05) is 32.9 Å². The maximum Gasteiger partial charge on any atom is 0.262 e. The Morgan fingerprint density at radius 2 is 1.82 bits per heavy atom. The van der Waals surface area contributed by atoms with Gasteiger partial charge in [0.25, 0.3) is 5.91 Å². The van der Waals surface area contributed by atoms with Crippen LogP contribution in [0.4, 0.5) is 5.69 Å². The van der Waals surface area contributed by atoms with Gasteiger partial charge in [-0.1, -0.05) is 29.3 Å². The number of halogens is 2. The van der Waals surface area contributed by atoms with Crippen LogP contribution in [0, 0.1) is 20.8 Å². The molecule has 0 bridgehead atoms. The highest BCUT2D eigenvalue weighted by Gasteiger charge is 2.11. The molecule has 0 aliphatic rings. The normalized spacial score (nSPS) is 10.4. The number of carbonyl (C=O) groups is 1. The van der Waals surface area contributed by atoms with Crippen molar-refractivity contribution in [3.05, 3.63) is 57.1 Å². The Kier molecular flexibility index (Phi) is 5.33. The molecule has 0 fully saturated rings. The zero-order chi connectivity index (χ0) is 16.3. The summed E-state index contributed by atoms with van der Waals surface area (Å²) in [6.45, 7) is 5.64. The van der Waals surface area contributed by atoms with Gasteiger partial charge >= 0.3 is 0 Å². The van der Waals surface area contributed by atoms with E-state index in [2.05, 4.69) is 5.32 Å². The van der Waals surface area contributed by atoms with Gasteiger partial charge in [0.15, 0.2) is 6.61 Å². The molecule has 0 aromatic heterocycles. The number of benzene rings is 2. The Labute approximate surface area is 140 Å². The van der Waals surface area contributed by atoms with Crippen molar-refractivity contribution < 1.29 is 9.53 Å². The lowest BCUT2D eigenvalue weighted by molar-refractivity contribution is -0.118. The highest BCUT2D eigenvalue weighted by molar-refractivity contribution is 6.34. The van der Waals surface area contributed by atoms with E-state index in [9.17, 15) is 4.79 Å². The standard InChI is InChI=1S/C17H17Cl2NO2/c1-10-6-12(3)17(14(19)7-10)20-16(21)9-22-15-5-4-13(18)8-11(15)2/h4-8H,9H2,1-3H3,(H,20,21). The van der Waals surface area contributed by atoms with Gasteiger partial charge in [-0.05, 0) is 61.7 Å². The van der Waals surface area contributed by atoms with Crippen LogP contribution >= 0.6 is 23.2 Å². The van der Waals surface area contributed by atoms with Gasteiger partial charge in [0.05, 0.1) is 10.7 Å². The van der Waals surface area contributed by atoms with Gasteiger partial charge in [-0.15, -0.1) is 0 Å². The van der Waals surface area contributed by atoms with Gasteiger partial charge in [-0.2, -0.15) is 0 Å². The summed E-state index contributed by atoms with van der Waals surface area (Å²) >= 11 is 12.1. The molecule has 0 saturated heterocycles. The zero-order valence-electron chi connectivity index (χ0n) is 12.7. The molecule has 2 aromatic rings. The first-order valence-corrected chi connectivity index (χ1v) is 7.58. The average molecular weight is 338 g/mol. The second-order valence-corrected chi connectivity index (χ2v) is 6.03. The predicted molar refractivity (Wildman–Crippen MR) is 91.2 cm³/mol. The summed E-state index contributed by atoms with van der Waals surface area (Å²) in [5.74, 6) is 0.370. The molecule has 0 aliphatic heterocycles. The first kappa shape index (κ1) is 16.7. The highest BCUT2D eigenvalue weighted by atomic mass is 35.5. The van der Waals surface area contributed by atoms with Crippen molar-refractivity contribution in [2.75, 3.05) is 11.9 Å². The van der Waals surface area contributed by atoms with Crippen LogP contribution in [0.2, 0.25) is 10.0 Å². The molecule has 22 heavy (non-hydrogen) atoms. The van der Waals surface area contributed by atoms with Crippen molar-refractivity contribution in [3.63, 3.8) is 0 Å². The van der Waals surface area contributed by atoms with Crippen LogP contribution < -0.4 is 10.1 Å².